The second kappa shape index (κ2) is 6.12. The van der Waals surface area contributed by atoms with Gasteiger partial charge >= 0.3 is 6.01 Å². The summed E-state index contributed by atoms with van der Waals surface area (Å²) in [4.78, 5) is 22.5. The van der Waals surface area contributed by atoms with E-state index in [2.05, 4.69) is 15.0 Å². The highest BCUT2D eigenvalue weighted by Gasteiger charge is 2.11. The highest BCUT2D eigenvalue weighted by atomic mass is 16.5. The van der Waals surface area contributed by atoms with Crippen LogP contribution in [0.3, 0.4) is 0 Å². The molecule has 2 aromatic heterocycles. The highest BCUT2D eigenvalue weighted by molar-refractivity contribution is 5.71. The summed E-state index contributed by atoms with van der Waals surface area (Å²) < 4.78 is 5.58. The van der Waals surface area contributed by atoms with E-state index in [-0.39, 0.29) is 11.6 Å². The molecule has 6 nitrogen and oxygen atoms in total. The van der Waals surface area contributed by atoms with Gasteiger partial charge in [0.25, 0.3) is 5.56 Å². The lowest BCUT2D eigenvalue weighted by Gasteiger charge is -2.08. The van der Waals surface area contributed by atoms with Crippen LogP contribution in [0.15, 0.2) is 53.6 Å². The van der Waals surface area contributed by atoms with E-state index in [0.717, 1.165) is 0 Å². The monoisotopic (exact) mass is 304 g/mol. The van der Waals surface area contributed by atoms with Crippen molar-refractivity contribution in [2.45, 2.75) is 6.92 Å². The van der Waals surface area contributed by atoms with Crippen LogP contribution in [0.4, 0.5) is 0 Å². The van der Waals surface area contributed by atoms with Crippen molar-refractivity contribution in [3.05, 3.63) is 70.4 Å². The molecule has 0 aliphatic carbocycles. The average molecular weight is 304 g/mol. The number of aromatic amines is 1. The van der Waals surface area contributed by atoms with Gasteiger partial charge in [0.05, 0.1) is 0 Å². The third-order valence-electron chi connectivity index (χ3n) is 3.18. The van der Waals surface area contributed by atoms with Gasteiger partial charge in [0.15, 0.2) is 0 Å². The van der Waals surface area contributed by atoms with Crippen molar-refractivity contribution in [2.24, 2.45) is 0 Å². The first-order valence-electron chi connectivity index (χ1n) is 6.86. The van der Waals surface area contributed by atoms with Crippen LogP contribution in [0, 0.1) is 18.3 Å². The molecule has 2 heterocycles. The Morgan fingerprint density at radius 1 is 1.17 bits per heavy atom. The number of H-pyrrole nitrogens is 1. The summed E-state index contributed by atoms with van der Waals surface area (Å²) in [5.74, 6) is 0.524. The van der Waals surface area contributed by atoms with Gasteiger partial charge in [0.2, 0.25) is 0 Å². The van der Waals surface area contributed by atoms with Crippen LogP contribution in [0.1, 0.15) is 11.3 Å². The van der Waals surface area contributed by atoms with Crippen molar-refractivity contribution in [3.63, 3.8) is 0 Å². The molecule has 0 aliphatic rings. The summed E-state index contributed by atoms with van der Waals surface area (Å²) in [7, 11) is 0. The minimum atomic E-state index is -0.403. The van der Waals surface area contributed by atoms with Gasteiger partial charge in [0.1, 0.15) is 17.4 Å². The smallest absolute Gasteiger partial charge is 0.321 e. The molecule has 0 amide bonds. The van der Waals surface area contributed by atoms with E-state index < -0.39 is 5.56 Å². The molecular formula is C17H12N4O2. The van der Waals surface area contributed by atoms with Gasteiger partial charge in [-0.1, -0.05) is 12.1 Å². The fourth-order valence-electron chi connectivity index (χ4n) is 2.20. The summed E-state index contributed by atoms with van der Waals surface area (Å²) in [5.41, 5.74) is 1.63. The van der Waals surface area contributed by atoms with E-state index in [1.165, 1.54) is 0 Å². The summed E-state index contributed by atoms with van der Waals surface area (Å²) >= 11 is 0. The Bertz CT molecular complexity index is 943. The first-order valence-corrected chi connectivity index (χ1v) is 6.86. The van der Waals surface area contributed by atoms with Crippen LogP contribution < -0.4 is 10.3 Å². The molecule has 0 spiro atoms. The number of nitriles is 1. The van der Waals surface area contributed by atoms with Crippen molar-refractivity contribution in [1.82, 2.24) is 15.0 Å². The number of benzene rings is 1. The molecule has 0 atom stereocenters. The quantitative estimate of drug-likeness (QED) is 0.803. The second-order valence-electron chi connectivity index (χ2n) is 4.84. The largest absolute Gasteiger partial charge is 0.424 e. The van der Waals surface area contributed by atoms with E-state index in [1.54, 1.807) is 49.6 Å². The third-order valence-corrected chi connectivity index (χ3v) is 3.18. The van der Waals surface area contributed by atoms with E-state index in [0.29, 0.717) is 22.6 Å². The minimum Gasteiger partial charge on any atom is -0.424 e. The molecule has 0 aliphatic heterocycles. The molecule has 112 valence electrons. The predicted molar refractivity (Wildman–Crippen MR) is 84.1 cm³/mol. The van der Waals surface area contributed by atoms with Crippen LogP contribution in [-0.2, 0) is 0 Å². The second-order valence-corrected chi connectivity index (χ2v) is 4.84. The molecule has 1 N–H and O–H groups in total. The Morgan fingerprint density at radius 3 is 2.70 bits per heavy atom. The number of ether oxygens (including phenoxy) is 1. The Balaban J connectivity index is 2.04. The summed E-state index contributed by atoms with van der Waals surface area (Å²) in [5, 5.41) is 9.23. The van der Waals surface area contributed by atoms with Crippen molar-refractivity contribution >= 4 is 0 Å². The summed E-state index contributed by atoms with van der Waals surface area (Å²) in [6, 6.07) is 12.7. The van der Waals surface area contributed by atoms with Crippen LogP contribution in [0.5, 0.6) is 11.8 Å². The van der Waals surface area contributed by atoms with E-state index in [9.17, 15) is 10.1 Å². The molecule has 1 aromatic carbocycles. The fourth-order valence-corrected chi connectivity index (χ4v) is 2.20. The zero-order valence-electron chi connectivity index (χ0n) is 12.3. The maximum Gasteiger partial charge on any atom is 0.321 e. The molecule has 0 radical (unpaired) electrons. The van der Waals surface area contributed by atoms with Crippen LogP contribution in [0.25, 0.3) is 11.1 Å². The van der Waals surface area contributed by atoms with Crippen LogP contribution >= 0.6 is 0 Å². The number of hydrogen-bond acceptors (Lipinski definition) is 5. The standard InChI is InChI=1S/C17H12N4O2/c1-11-8-14(15(10-18)16(22)21-11)12-4-2-5-13(9-12)23-17-19-6-3-7-20-17/h2-9H,1H3,(H,21,22). The summed E-state index contributed by atoms with van der Waals surface area (Å²) in [6.45, 7) is 1.77. The Morgan fingerprint density at radius 2 is 1.96 bits per heavy atom. The molecule has 0 saturated carbocycles. The van der Waals surface area contributed by atoms with Crippen molar-refractivity contribution in [1.29, 1.82) is 5.26 Å². The van der Waals surface area contributed by atoms with Crippen LogP contribution in [0.2, 0.25) is 0 Å². The maximum absolute atomic E-state index is 11.9. The lowest BCUT2D eigenvalue weighted by molar-refractivity contribution is 0.442. The average Bonchev–Trinajstić information content (AvgIpc) is 2.55. The van der Waals surface area contributed by atoms with Gasteiger partial charge in [-0.25, -0.2) is 9.97 Å². The molecule has 0 bridgehead atoms. The molecule has 0 unspecified atom stereocenters. The van der Waals surface area contributed by atoms with Gasteiger partial charge in [-0.3, -0.25) is 4.79 Å². The zero-order chi connectivity index (χ0) is 16.2. The van der Waals surface area contributed by atoms with Gasteiger partial charge in [-0.2, -0.15) is 5.26 Å². The van der Waals surface area contributed by atoms with Gasteiger partial charge in [0, 0.05) is 23.7 Å². The van der Waals surface area contributed by atoms with Crippen molar-refractivity contribution in [3.8, 4) is 29.0 Å². The minimum absolute atomic E-state index is 0.0729. The number of nitrogens with zero attached hydrogens (tertiary/aromatic N) is 3. The lowest BCUT2D eigenvalue weighted by atomic mass is 10.0. The van der Waals surface area contributed by atoms with Crippen molar-refractivity contribution in [2.75, 3.05) is 0 Å². The Kier molecular flexibility index (Phi) is 3.85. The third kappa shape index (κ3) is 3.09. The van der Waals surface area contributed by atoms with E-state index in [4.69, 9.17) is 4.74 Å². The fraction of sp³-hybridized carbons (Fsp3) is 0.0588. The predicted octanol–water partition coefficient (Wildman–Crippen LogP) is 2.80. The number of nitrogens with one attached hydrogen (secondary N) is 1. The molecule has 3 rings (SSSR count). The Labute approximate surface area is 132 Å². The van der Waals surface area contributed by atoms with Gasteiger partial charge in [-0.15, -0.1) is 0 Å². The molecular weight excluding hydrogens is 292 g/mol. The van der Waals surface area contributed by atoms with Crippen molar-refractivity contribution < 1.29 is 4.74 Å². The van der Waals surface area contributed by atoms with E-state index in [1.807, 2.05) is 12.1 Å². The molecule has 0 saturated heterocycles. The highest BCUT2D eigenvalue weighted by Crippen LogP contribution is 2.27. The zero-order valence-corrected chi connectivity index (χ0v) is 12.3. The molecule has 3 aromatic rings. The first kappa shape index (κ1) is 14.5. The Hall–Kier alpha value is -3.46. The van der Waals surface area contributed by atoms with E-state index >= 15 is 0 Å². The topological polar surface area (TPSA) is 91.7 Å². The maximum atomic E-state index is 11.9. The molecule has 0 fully saturated rings. The number of aromatic nitrogens is 3. The number of rotatable bonds is 3. The molecule has 6 heteroatoms. The van der Waals surface area contributed by atoms with Gasteiger partial charge < -0.3 is 9.72 Å². The first-order chi connectivity index (χ1) is 11.2. The normalized spacial score (nSPS) is 10.1. The number of pyridine rings is 1. The number of hydrogen-bond donors (Lipinski definition) is 1. The summed E-state index contributed by atoms with van der Waals surface area (Å²) in [6.07, 6.45) is 3.17. The van der Waals surface area contributed by atoms with Crippen LogP contribution in [-0.4, -0.2) is 15.0 Å². The van der Waals surface area contributed by atoms with Gasteiger partial charge in [-0.05, 0) is 36.8 Å². The number of aryl methyl sites for hydroxylation is 1. The lowest BCUT2D eigenvalue weighted by Crippen LogP contribution is -2.12. The SMILES string of the molecule is Cc1cc(-c2cccc(Oc3ncccn3)c2)c(C#N)c(=O)[nH]1. The molecule has 23 heavy (non-hydrogen) atoms.